The van der Waals surface area contributed by atoms with Crippen molar-refractivity contribution in [3.05, 3.63) is 70.0 Å². The van der Waals surface area contributed by atoms with Crippen LogP contribution in [0.4, 0.5) is 0 Å². The highest BCUT2D eigenvalue weighted by Gasteiger charge is 2.21. The van der Waals surface area contributed by atoms with Crippen LogP contribution < -0.4 is 10.4 Å². The number of rotatable bonds is 2. The number of aryl methyl sites for hydroxylation is 2. The molecule has 0 radical (unpaired) electrons. The van der Waals surface area contributed by atoms with E-state index in [1.807, 2.05) is 12.1 Å². The Balaban J connectivity index is 1.40. The van der Waals surface area contributed by atoms with Crippen LogP contribution in [0.1, 0.15) is 36.2 Å². The van der Waals surface area contributed by atoms with Crippen molar-refractivity contribution in [2.75, 3.05) is 6.61 Å². The van der Waals surface area contributed by atoms with Crippen molar-refractivity contribution in [3.63, 3.8) is 0 Å². The number of pyridine rings is 1. The molecule has 0 amide bonds. The SMILES string of the molecule is Cn1nc2cc(C3=CCOc4cc(-c5nnc6n5CCCCC6)ccc43)ccn2c1=O. The summed E-state index contributed by atoms with van der Waals surface area (Å²) in [5, 5.41) is 13.2. The molecular formula is C23H22N6O2. The van der Waals surface area contributed by atoms with Gasteiger partial charge in [0.25, 0.3) is 0 Å². The first-order chi connectivity index (χ1) is 15.2. The number of hydrogen-bond acceptors (Lipinski definition) is 5. The van der Waals surface area contributed by atoms with Gasteiger partial charge in [0.1, 0.15) is 18.2 Å². The first-order valence-electron chi connectivity index (χ1n) is 10.6. The third-order valence-corrected chi connectivity index (χ3v) is 6.15. The van der Waals surface area contributed by atoms with Gasteiger partial charge in [-0.05, 0) is 54.3 Å². The lowest BCUT2D eigenvalue weighted by Crippen LogP contribution is -2.17. The maximum absolute atomic E-state index is 12.1. The van der Waals surface area contributed by atoms with Crippen LogP contribution in [0, 0.1) is 0 Å². The van der Waals surface area contributed by atoms with E-state index < -0.39 is 0 Å². The first kappa shape index (κ1) is 18.1. The number of aromatic nitrogens is 6. The van der Waals surface area contributed by atoms with Gasteiger partial charge in [0.15, 0.2) is 11.5 Å². The second-order valence-corrected chi connectivity index (χ2v) is 8.09. The number of hydrogen-bond donors (Lipinski definition) is 0. The molecule has 0 unspecified atom stereocenters. The lowest BCUT2D eigenvalue weighted by molar-refractivity contribution is 0.357. The van der Waals surface area contributed by atoms with Crippen LogP contribution in [-0.4, -0.2) is 35.6 Å². The van der Waals surface area contributed by atoms with Gasteiger partial charge in [0.2, 0.25) is 0 Å². The van der Waals surface area contributed by atoms with Crippen LogP contribution in [0.5, 0.6) is 5.75 Å². The van der Waals surface area contributed by atoms with Gasteiger partial charge in [0.05, 0.1) is 0 Å². The van der Waals surface area contributed by atoms with E-state index in [1.54, 1.807) is 17.6 Å². The Morgan fingerprint density at radius 1 is 1.03 bits per heavy atom. The molecule has 6 rings (SSSR count). The molecule has 0 N–H and O–H groups in total. The van der Waals surface area contributed by atoms with Crippen LogP contribution in [0.15, 0.2) is 47.4 Å². The summed E-state index contributed by atoms with van der Waals surface area (Å²) >= 11 is 0. The van der Waals surface area contributed by atoms with Gasteiger partial charge < -0.3 is 9.30 Å². The Labute approximate surface area is 178 Å². The van der Waals surface area contributed by atoms with E-state index in [0.717, 1.165) is 59.0 Å². The van der Waals surface area contributed by atoms with Gasteiger partial charge in [-0.15, -0.1) is 10.2 Å². The molecule has 3 aromatic heterocycles. The maximum Gasteiger partial charge on any atom is 0.350 e. The Morgan fingerprint density at radius 2 is 1.97 bits per heavy atom. The fourth-order valence-corrected chi connectivity index (χ4v) is 4.55. The van der Waals surface area contributed by atoms with Crippen molar-refractivity contribution in [1.29, 1.82) is 0 Å². The molecule has 8 heteroatoms. The average Bonchev–Trinajstić information content (AvgIpc) is 3.22. The summed E-state index contributed by atoms with van der Waals surface area (Å²) in [6.07, 6.45) is 8.39. The number of nitrogens with zero attached hydrogens (tertiary/aromatic N) is 6. The third kappa shape index (κ3) is 2.90. The first-order valence-corrected chi connectivity index (χ1v) is 10.6. The summed E-state index contributed by atoms with van der Waals surface area (Å²) in [4.78, 5) is 12.1. The molecule has 156 valence electrons. The standard InChI is InChI=1S/C23H22N6O2/c1-27-23(30)29-11-8-15(14-21(29)26-27)17-9-12-31-19-13-16(6-7-18(17)19)22-25-24-20-5-3-2-4-10-28(20)22/h6-9,11,13-14H,2-5,10,12H2,1H3. The van der Waals surface area contributed by atoms with Gasteiger partial charge in [-0.2, -0.15) is 5.10 Å². The van der Waals surface area contributed by atoms with E-state index in [9.17, 15) is 4.79 Å². The Morgan fingerprint density at radius 3 is 2.90 bits per heavy atom. The fraction of sp³-hybridized carbons (Fsp3) is 0.304. The Kier molecular flexibility index (Phi) is 4.05. The summed E-state index contributed by atoms with van der Waals surface area (Å²) < 4.78 is 11.1. The minimum atomic E-state index is -0.153. The molecule has 0 saturated carbocycles. The molecule has 2 aliphatic heterocycles. The highest BCUT2D eigenvalue weighted by atomic mass is 16.5. The zero-order chi connectivity index (χ0) is 20.9. The van der Waals surface area contributed by atoms with Crippen LogP contribution in [0.2, 0.25) is 0 Å². The van der Waals surface area contributed by atoms with Crippen LogP contribution in [0.25, 0.3) is 22.6 Å². The third-order valence-electron chi connectivity index (χ3n) is 6.15. The average molecular weight is 414 g/mol. The molecule has 1 aromatic carbocycles. The lowest BCUT2D eigenvalue weighted by atomic mass is 9.95. The molecule has 0 atom stereocenters. The van der Waals surface area contributed by atoms with Gasteiger partial charge in [-0.3, -0.25) is 4.40 Å². The van der Waals surface area contributed by atoms with Crippen molar-refractivity contribution in [3.8, 4) is 17.1 Å². The molecule has 5 heterocycles. The fourth-order valence-electron chi connectivity index (χ4n) is 4.55. The summed E-state index contributed by atoms with van der Waals surface area (Å²) in [6.45, 7) is 1.45. The zero-order valence-electron chi connectivity index (χ0n) is 17.3. The summed E-state index contributed by atoms with van der Waals surface area (Å²) in [5.74, 6) is 2.82. The predicted octanol–water partition coefficient (Wildman–Crippen LogP) is 2.84. The number of ether oxygens (including phenoxy) is 1. The summed E-state index contributed by atoms with van der Waals surface area (Å²) in [5.41, 5.74) is 4.60. The lowest BCUT2D eigenvalue weighted by Gasteiger charge is -2.20. The molecule has 0 saturated heterocycles. The van der Waals surface area contributed by atoms with E-state index in [-0.39, 0.29) is 5.69 Å². The second-order valence-electron chi connectivity index (χ2n) is 8.09. The van der Waals surface area contributed by atoms with E-state index in [2.05, 4.69) is 44.1 Å². The Hall–Kier alpha value is -3.68. The number of benzene rings is 1. The van der Waals surface area contributed by atoms with Crippen molar-refractivity contribution >= 4 is 11.2 Å². The van der Waals surface area contributed by atoms with Crippen LogP contribution in [-0.2, 0) is 20.0 Å². The molecule has 31 heavy (non-hydrogen) atoms. The monoisotopic (exact) mass is 414 g/mol. The largest absolute Gasteiger partial charge is 0.489 e. The van der Waals surface area contributed by atoms with E-state index >= 15 is 0 Å². The van der Waals surface area contributed by atoms with Gasteiger partial charge in [-0.25, -0.2) is 9.48 Å². The van der Waals surface area contributed by atoms with Gasteiger partial charge in [-0.1, -0.05) is 12.5 Å². The quantitative estimate of drug-likeness (QED) is 0.504. The predicted molar refractivity (Wildman–Crippen MR) is 116 cm³/mol. The maximum atomic E-state index is 12.1. The van der Waals surface area contributed by atoms with Crippen molar-refractivity contribution in [2.24, 2.45) is 7.05 Å². The van der Waals surface area contributed by atoms with E-state index in [0.29, 0.717) is 12.3 Å². The molecule has 2 aliphatic rings. The minimum Gasteiger partial charge on any atom is -0.489 e. The summed E-state index contributed by atoms with van der Waals surface area (Å²) in [7, 11) is 1.66. The zero-order valence-corrected chi connectivity index (χ0v) is 17.3. The van der Waals surface area contributed by atoms with Gasteiger partial charge >= 0.3 is 5.69 Å². The normalized spacial score (nSPS) is 15.7. The topological polar surface area (TPSA) is 79.2 Å². The van der Waals surface area contributed by atoms with E-state index in [4.69, 9.17) is 4.74 Å². The molecule has 0 spiro atoms. The van der Waals surface area contributed by atoms with E-state index in [1.165, 1.54) is 17.5 Å². The molecule has 0 bridgehead atoms. The summed E-state index contributed by atoms with van der Waals surface area (Å²) in [6, 6.07) is 10.1. The van der Waals surface area contributed by atoms with Crippen molar-refractivity contribution in [2.45, 2.75) is 32.2 Å². The van der Waals surface area contributed by atoms with Gasteiger partial charge in [0, 0.05) is 37.3 Å². The molecule has 0 aliphatic carbocycles. The minimum absolute atomic E-state index is 0.153. The van der Waals surface area contributed by atoms with Crippen LogP contribution in [0.3, 0.4) is 0 Å². The second kappa shape index (κ2) is 6.94. The Bertz CT molecular complexity index is 1410. The molecular weight excluding hydrogens is 392 g/mol. The molecule has 0 fully saturated rings. The molecule has 4 aromatic rings. The number of fused-ring (bicyclic) bond motifs is 3. The highest BCUT2D eigenvalue weighted by molar-refractivity contribution is 5.86. The van der Waals surface area contributed by atoms with Crippen molar-refractivity contribution in [1.82, 2.24) is 28.9 Å². The molecule has 8 nitrogen and oxygen atoms in total. The smallest absolute Gasteiger partial charge is 0.350 e. The highest BCUT2D eigenvalue weighted by Crippen LogP contribution is 2.37. The van der Waals surface area contributed by atoms with Crippen molar-refractivity contribution < 1.29 is 4.74 Å². The van der Waals surface area contributed by atoms with Crippen LogP contribution >= 0.6 is 0 Å².